The van der Waals surface area contributed by atoms with Crippen LogP contribution in [0, 0.1) is 6.92 Å². The van der Waals surface area contributed by atoms with Crippen LogP contribution in [0.4, 0.5) is 5.69 Å². The van der Waals surface area contributed by atoms with Crippen LogP contribution >= 0.6 is 0 Å². The number of fused-ring (bicyclic) bond motifs is 1. The van der Waals surface area contributed by atoms with Gasteiger partial charge in [0, 0.05) is 11.2 Å². The summed E-state index contributed by atoms with van der Waals surface area (Å²) in [6.07, 6.45) is 4.00. The first-order valence-corrected chi connectivity index (χ1v) is 8.79. The van der Waals surface area contributed by atoms with E-state index in [4.69, 9.17) is 4.74 Å². The van der Waals surface area contributed by atoms with Crippen molar-refractivity contribution in [2.45, 2.75) is 77.8 Å². The van der Waals surface area contributed by atoms with Crippen molar-refractivity contribution in [3.63, 3.8) is 0 Å². The second kappa shape index (κ2) is 6.94. The van der Waals surface area contributed by atoms with Crippen LogP contribution < -0.4 is 4.90 Å². The molecule has 0 aliphatic carbocycles. The second-order valence-corrected chi connectivity index (χ2v) is 7.53. The molecule has 0 saturated heterocycles. The van der Waals surface area contributed by atoms with Crippen LogP contribution in [0.25, 0.3) is 0 Å². The number of methoxy groups -OCH3 is 1. The second-order valence-electron chi connectivity index (χ2n) is 7.53. The number of ether oxygens (including phenoxy) is 1. The highest BCUT2D eigenvalue weighted by atomic mass is 16.5. The number of nitrogens with zero attached hydrogens (tertiary/aromatic N) is 1. The number of aryl methyl sites for hydroxylation is 1. The van der Waals surface area contributed by atoms with E-state index in [9.17, 15) is 4.79 Å². The Kier molecular flexibility index (Phi) is 5.38. The zero-order valence-corrected chi connectivity index (χ0v) is 15.5. The molecule has 1 aliphatic heterocycles. The van der Waals surface area contributed by atoms with E-state index in [2.05, 4.69) is 57.7 Å². The standard InChI is InChI=1S/C20H31NO2/c1-7-8-9-18(19(22)23-6)21-17-11-10-14(2)12-16(17)15(3)13-20(21,4)5/h10-12,15,18H,7-9,13H2,1-6H3/t15-,18+/m0/s1. The molecule has 1 aliphatic rings. The highest BCUT2D eigenvalue weighted by molar-refractivity contribution is 5.81. The highest BCUT2D eigenvalue weighted by Gasteiger charge is 2.42. The third-order valence-corrected chi connectivity index (χ3v) is 5.05. The molecule has 0 N–H and O–H groups in total. The van der Waals surface area contributed by atoms with E-state index in [1.54, 1.807) is 0 Å². The van der Waals surface area contributed by atoms with Gasteiger partial charge in [0.25, 0.3) is 0 Å². The van der Waals surface area contributed by atoms with Crippen molar-refractivity contribution in [3.8, 4) is 0 Å². The molecule has 0 unspecified atom stereocenters. The molecule has 1 heterocycles. The molecule has 128 valence electrons. The van der Waals surface area contributed by atoms with Gasteiger partial charge in [-0.25, -0.2) is 4.79 Å². The van der Waals surface area contributed by atoms with Crippen molar-refractivity contribution < 1.29 is 9.53 Å². The Hall–Kier alpha value is -1.51. The highest BCUT2D eigenvalue weighted by Crippen LogP contribution is 2.45. The van der Waals surface area contributed by atoms with Crippen molar-refractivity contribution in [3.05, 3.63) is 29.3 Å². The Bertz CT molecular complexity index is 565. The summed E-state index contributed by atoms with van der Waals surface area (Å²) in [5, 5.41) is 0. The number of rotatable bonds is 5. The van der Waals surface area contributed by atoms with Crippen LogP contribution in [0.2, 0.25) is 0 Å². The van der Waals surface area contributed by atoms with Gasteiger partial charge in [-0.1, -0.05) is 44.4 Å². The number of benzene rings is 1. The smallest absolute Gasteiger partial charge is 0.328 e. The maximum absolute atomic E-state index is 12.5. The number of hydrogen-bond donors (Lipinski definition) is 0. The van der Waals surface area contributed by atoms with Gasteiger partial charge in [-0.05, 0) is 51.2 Å². The van der Waals surface area contributed by atoms with Gasteiger partial charge in [-0.15, -0.1) is 0 Å². The van der Waals surface area contributed by atoms with Crippen LogP contribution in [0.15, 0.2) is 18.2 Å². The largest absolute Gasteiger partial charge is 0.467 e. The van der Waals surface area contributed by atoms with E-state index >= 15 is 0 Å². The maximum Gasteiger partial charge on any atom is 0.328 e. The Morgan fingerprint density at radius 2 is 2.13 bits per heavy atom. The SMILES string of the molecule is CCCC[C@H](C(=O)OC)N1c2ccc(C)cc2[C@@H](C)CC1(C)C. The average molecular weight is 317 g/mol. The molecule has 0 fully saturated rings. The van der Waals surface area contributed by atoms with E-state index in [0.717, 1.165) is 25.7 Å². The van der Waals surface area contributed by atoms with Gasteiger partial charge in [0.15, 0.2) is 0 Å². The summed E-state index contributed by atoms with van der Waals surface area (Å²) in [6.45, 7) is 11.1. The van der Waals surface area contributed by atoms with Crippen molar-refractivity contribution >= 4 is 11.7 Å². The van der Waals surface area contributed by atoms with Crippen LogP contribution in [-0.4, -0.2) is 24.7 Å². The van der Waals surface area contributed by atoms with Crippen LogP contribution in [-0.2, 0) is 9.53 Å². The fourth-order valence-corrected chi connectivity index (χ4v) is 4.05. The van der Waals surface area contributed by atoms with Crippen molar-refractivity contribution in [1.82, 2.24) is 0 Å². The third kappa shape index (κ3) is 3.54. The van der Waals surface area contributed by atoms with Gasteiger partial charge < -0.3 is 9.64 Å². The molecule has 0 saturated carbocycles. The van der Waals surface area contributed by atoms with Crippen molar-refractivity contribution in [2.24, 2.45) is 0 Å². The number of carbonyl (C=O) groups is 1. The molecule has 0 bridgehead atoms. The summed E-state index contributed by atoms with van der Waals surface area (Å²) in [5.41, 5.74) is 3.77. The van der Waals surface area contributed by atoms with E-state index in [-0.39, 0.29) is 17.6 Å². The summed E-state index contributed by atoms with van der Waals surface area (Å²) >= 11 is 0. The number of hydrogen-bond acceptors (Lipinski definition) is 3. The lowest BCUT2D eigenvalue weighted by atomic mass is 9.78. The lowest BCUT2D eigenvalue weighted by Crippen LogP contribution is -2.56. The molecule has 1 aromatic carbocycles. The normalized spacial score (nSPS) is 20.8. The Balaban J connectivity index is 2.52. The average Bonchev–Trinajstić information content (AvgIpc) is 2.49. The zero-order chi connectivity index (χ0) is 17.2. The van der Waals surface area contributed by atoms with E-state index in [1.165, 1.54) is 23.9 Å². The minimum Gasteiger partial charge on any atom is -0.467 e. The molecule has 0 aromatic heterocycles. The first-order chi connectivity index (χ1) is 10.8. The number of carbonyl (C=O) groups excluding carboxylic acids is 1. The van der Waals surface area contributed by atoms with Crippen LogP contribution in [0.3, 0.4) is 0 Å². The molecular weight excluding hydrogens is 286 g/mol. The maximum atomic E-state index is 12.5. The fourth-order valence-electron chi connectivity index (χ4n) is 4.05. The van der Waals surface area contributed by atoms with Crippen molar-refractivity contribution in [2.75, 3.05) is 12.0 Å². The van der Waals surface area contributed by atoms with Gasteiger partial charge in [0.05, 0.1) is 7.11 Å². The number of unbranched alkanes of at least 4 members (excludes halogenated alkanes) is 1. The molecule has 2 atom stereocenters. The zero-order valence-electron chi connectivity index (χ0n) is 15.5. The van der Waals surface area contributed by atoms with Gasteiger partial charge >= 0.3 is 5.97 Å². The molecule has 1 aromatic rings. The quantitative estimate of drug-likeness (QED) is 0.729. The summed E-state index contributed by atoms with van der Waals surface area (Å²) in [7, 11) is 1.50. The predicted molar refractivity (Wildman–Crippen MR) is 96.1 cm³/mol. The Labute approximate surface area is 141 Å². The topological polar surface area (TPSA) is 29.5 Å². The lowest BCUT2D eigenvalue weighted by Gasteiger charge is -2.50. The van der Waals surface area contributed by atoms with Gasteiger partial charge in [0.1, 0.15) is 6.04 Å². The number of anilines is 1. The van der Waals surface area contributed by atoms with E-state index in [1.807, 2.05) is 0 Å². The molecular formula is C20H31NO2. The van der Waals surface area contributed by atoms with Crippen LogP contribution in [0.1, 0.15) is 70.4 Å². The molecule has 23 heavy (non-hydrogen) atoms. The van der Waals surface area contributed by atoms with Gasteiger partial charge in [-0.3, -0.25) is 0 Å². The van der Waals surface area contributed by atoms with Crippen molar-refractivity contribution in [1.29, 1.82) is 0 Å². The Morgan fingerprint density at radius 1 is 1.43 bits per heavy atom. The lowest BCUT2D eigenvalue weighted by molar-refractivity contribution is -0.142. The first kappa shape index (κ1) is 17.8. The Morgan fingerprint density at radius 3 is 2.74 bits per heavy atom. The van der Waals surface area contributed by atoms with Crippen LogP contribution in [0.5, 0.6) is 0 Å². The minimum absolute atomic E-state index is 0.0612. The third-order valence-electron chi connectivity index (χ3n) is 5.05. The van der Waals surface area contributed by atoms with Gasteiger partial charge in [0.2, 0.25) is 0 Å². The first-order valence-electron chi connectivity index (χ1n) is 8.79. The summed E-state index contributed by atoms with van der Waals surface area (Å²) < 4.78 is 5.14. The molecule has 0 spiro atoms. The fraction of sp³-hybridized carbons (Fsp3) is 0.650. The van der Waals surface area contributed by atoms with E-state index < -0.39 is 0 Å². The van der Waals surface area contributed by atoms with E-state index in [0.29, 0.717) is 5.92 Å². The molecule has 0 radical (unpaired) electrons. The summed E-state index contributed by atoms with van der Waals surface area (Å²) in [6, 6.07) is 6.40. The molecule has 3 nitrogen and oxygen atoms in total. The minimum atomic E-state index is -0.205. The van der Waals surface area contributed by atoms with Gasteiger partial charge in [-0.2, -0.15) is 0 Å². The predicted octanol–water partition coefficient (Wildman–Crippen LogP) is 4.82. The molecule has 3 heteroatoms. The molecule has 0 amide bonds. The molecule has 2 rings (SSSR count). The summed E-state index contributed by atoms with van der Waals surface area (Å²) in [5.74, 6) is 0.383. The number of esters is 1. The summed E-state index contributed by atoms with van der Waals surface area (Å²) in [4.78, 5) is 14.8. The monoisotopic (exact) mass is 317 g/mol.